The van der Waals surface area contributed by atoms with Gasteiger partial charge in [-0.05, 0) is 85.6 Å². The fourth-order valence-electron chi connectivity index (χ4n) is 15.0. The van der Waals surface area contributed by atoms with Gasteiger partial charge in [0.05, 0.1) is 234 Å². The third-order valence-corrected chi connectivity index (χ3v) is 22.0. The molecule has 738 valence electrons. The summed E-state index contributed by atoms with van der Waals surface area (Å²) < 4.78 is 157. The third kappa shape index (κ3) is 39.9. The number of nitrogens with zero attached hydrogens (tertiary/aromatic N) is 2. The molecule has 4 aromatic carbocycles. The molecule has 30 nitrogen and oxygen atoms in total. The molecule has 0 amide bonds. The van der Waals surface area contributed by atoms with Crippen molar-refractivity contribution in [1.82, 2.24) is 19.9 Å². The van der Waals surface area contributed by atoms with Gasteiger partial charge in [-0.3, -0.25) is 0 Å². The SMILES string of the molecule is CCCCCCCCCCCCOc1cc2c3cc4nc(cc5nc(cc6[nH]c(cc([nH]3)c2cc1OCCCCCCCCCCCC)c1cc(OCCOCCOCCOC)c(OCCOCCOCCOC)cc61)-c1cc(OCCOCCOCCOC)c(OCCOCCOCCOC)cc1-5)-c1cc(OCCOCCOCCOC)c(OCCOCCOCCOC)cc1-4. The van der Waals surface area contributed by atoms with E-state index in [1.165, 1.54) is 89.9 Å². The summed E-state index contributed by atoms with van der Waals surface area (Å²) in [5, 5.41) is 3.40. The standard InChI is InChI=1S/C102H154N4O26/c1-9-11-13-15-17-19-21-23-25-27-29-125-95-67-79-80(68-96(95)126-30-28-26-24-22-20-18-16-14-12-10-2)88-76-90-82-70-98(128-62-56-120-50-44-114-38-32-108-4)100(130-64-58-122-52-46-116-40-34-110-6)72-84(82)92(105-90)78-94-86-74-102(132-66-60-124-54-48-118-42-36-112-8)101(131-65-59-123-53-47-117-41-35-111-7)73-85(86)93(106-94)77-91-83-71-99(129-63-57-121-51-45-115-39-33-109-5)97(69-81(83)89(104-91)75-87(79)103-88)127-61-55-119-49-43-113-37-31-107-3/h67-78,103-104H,9-66H2,1-8H3. The predicted octanol–water partition coefficient (Wildman–Crippen LogP) is 18.2. The first-order valence-electron chi connectivity index (χ1n) is 48.3. The number of nitrogens with one attached hydrogen (secondary N) is 2. The summed E-state index contributed by atoms with van der Waals surface area (Å²) in [5.41, 5.74) is 8.41. The Morgan fingerprint density at radius 2 is 0.348 bits per heavy atom. The summed E-state index contributed by atoms with van der Waals surface area (Å²) in [4.78, 5) is 19.3. The number of methoxy groups -OCH3 is 6. The van der Waals surface area contributed by atoms with Crippen LogP contribution in [-0.2, 0) is 85.3 Å². The lowest BCUT2D eigenvalue weighted by Gasteiger charge is -2.16. The van der Waals surface area contributed by atoms with Gasteiger partial charge in [-0.1, -0.05) is 129 Å². The third-order valence-electron chi connectivity index (χ3n) is 22.0. The Balaban J connectivity index is 1.27. The molecule has 5 heterocycles. The van der Waals surface area contributed by atoms with Crippen molar-refractivity contribution in [2.75, 3.05) is 294 Å². The van der Waals surface area contributed by atoms with Crippen LogP contribution >= 0.6 is 0 Å². The van der Waals surface area contributed by atoms with Gasteiger partial charge in [0.1, 0.15) is 39.6 Å². The fourth-order valence-corrected chi connectivity index (χ4v) is 15.0. The number of benzene rings is 4. The van der Waals surface area contributed by atoms with Crippen LogP contribution in [0.25, 0.3) is 88.6 Å². The molecular weight excluding hydrogens is 1700 g/mol. The van der Waals surface area contributed by atoms with Crippen LogP contribution in [0.4, 0.5) is 0 Å². The number of unbranched alkanes of at least 4 members (excludes halogenated alkanes) is 18. The van der Waals surface area contributed by atoms with E-state index in [-0.39, 0.29) is 79.3 Å². The van der Waals surface area contributed by atoms with Gasteiger partial charge < -0.3 is 133 Å². The lowest BCUT2D eigenvalue weighted by Crippen LogP contribution is -2.14. The largest absolute Gasteiger partial charge is 0.490 e. The molecule has 3 aromatic heterocycles. The van der Waals surface area contributed by atoms with Gasteiger partial charge in [-0.2, -0.15) is 0 Å². The highest BCUT2D eigenvalue weighted by atomic mass is 16.6. The van der Waals surface area contributed by atoms with Crippen LogP contribution in [0.15, 0.2) is 72.8 Å². The van der Waals surface area contributed by atoms with Crippen molar-refractivity contribution in [2.45, 2.75) is 142 Å². The summed E-state index contributed by atoms with van der Waals surface area (Å²) in [6, 6.07) is 24.7. The Morgan fingerprint density at radius 1 is 0.174 bits per heavy atom. The lowest BCUT2D eigenvalue weighted by molar-refractivity contribution is 0.0160. The van der Waals surface area contributed by atoms with E-state index in [9.17, 15) is 0 Å². The highest BCUT2D eigenvalue weighted by molar-refractivity contribution is 6.13. The van der Waals surface area contributed by atoms with Crippen LogP contribution in [0.3, 0.4) is 0 Å². The maximum atomic E-state index is 7.02. The van der Waals surface area contributed by atoms with Gasteiger partial charge in [0, 0.05) is 109 Å². The first-order chi connectivity index (χ1) is 65.3. The van der Waals surface area contributed by atoms with Crippen LogP contribution in [0.5, 0.6) is 46.0 Å². The highest BCUT2D eigenvalue weighted by Gasteiger charge is 2.28. The van der Waals surface area contributed by atoms with Crippen LogP contribution in [0.1, 0.15) is 142 Å². The van der Waals surface area contributed by atoms with Gasteiger partial charge in [0.15, 0.2) is 46.0 Å². The minimum atomic E-state index is 0.178. The second-order valence-corrected chi connectivity index (χ2v) is 32.1. The molecule has 0 unspecified atom stereocenters. The van der Waals surface area contributed by atoms with Crippen LogP contribution in [-0.4, -0.2) is 314 Å². The van der Waals surface area contributed by atoms with Crippen molar-refractivity contribution in [3.05, 3.63) is 72.8 Å². The maximum absolute atomic E-state index is 7.02. The Kier molecular flexibility index (Phi) is 55.8. The normalized spacial score (nSPS) is 11.8. The van der Waals surface area contributed by atoms with Gasteiger partial charge in [0.25, 0.3) is 0 Å². The molecule has 2 aliphatic rings. The zero-order chi connectivity index (χ0) is 92.6. The number of hydrogen-bond donors (Lipinski definition) is 2. The summed E-state index contributed by atoms with van der Waals surface area (Å²) in [6.07, 6.45) is 24.1. The predicted molar refractivity (Wildman–Crippen MR) is 514 cm³/mol. The summed E-state index contributed by atoms with van der Waals surface area (Å²) in [5.74, 6) is 4.16. The van der Waals surface area contributed by atoms with E-state index in [1.807, 2.05) is 42.5 Å². The van der Waals surface area contributed by atoms with Gasteiger partial charge in [-0.15, -0.1) is 0 Å². The molecule has 0 fully saturated rings. The Morgan fingerprint density at radius 3 is 0.568 bits per heavy atom. The molecule has 7 aromatic rings. The average molecular weight is 1850 g/mol. The molecule has 0 aliphatic carbocycles. The average Bonchev–Trinajstić information content (AvgIpc) is 1.59. The quantitative estimate of drug-likeness (QED) is 0.0335. The van der Waals surface area contributed by atoms with Crippen molar-refractivity contribution in [1.29, 1.82) is 0 Å². The second-order valence-electron chi connectivity index (χ2n) is 32.1. The smallest absolute Gasteiger partial charge is 0.162 e. The number of rotatable bonds is 84. The molecule has 0 saturated heterocycles. The molecule has 0 radical (unpaired) electrons. The van der Waals surface area contributed by atoms with E-state index in [4.69, 9.17) is 133 Å². The van der Waals surface area contributed by atoms with Crippen LogP contribution < -0.4 is 37.9 Å². The molecule has 2 N–H and O–H groups in total. The van der Waals surface area contributed by atoms with E-state index >= 15 is 0 Å². The first kappa shape index (κ1) is 108. The number of aromatic amines is 2. The Hall–Kier alpha value is -7.80. The van der Waals surface area contributed by atoms with Gasteiger partial charge in [0.2, 0.25) is 0 Å². The molecule has 0 spiro atoms. The van der Waals surface area contributed by atoms with Crippen LogP contribution in [0.2, 0.25) is 0 Å². The van der Waals surface area contributed by atoms with Gasteiger partial charge >= 0.3 is 0 Å². The van der Waals surface area contributed by atoms with E-state index in [1.54, 1.807) is 42.7 Å². The molecule has 2 aliphatic heterocycles. The minimum absolute atomic E-state index is 0.178. The number of fused-ring (bicyclic) bond motifs is 20. The molecule has 0 atom stereocenters. The topological polar surface area (TPSA) is 297 Å². The summed E-state index contributed by atoms with van der Waals surface area (Å²) in [7, 11) is 9.89. The zero-order valence-electron chi connectivity index (χ0n) is 80.4. The summed E-state index contributed by atoms with van der Waals surface area (Å²) >= 11 is 0. The number of H-pyrrole nitrogens is 2. The molecule has 8 bridgehead atoms. The Bertz CT molecular complexity index is 4240. The fraction of sp³-hybridized carbons (Fsp3) is 0.647. The zero-order valence-corrected chi connectivity index (χ0v) is 80.4. The monoisotopic (exact) mass is 1850 g/mol. The highest BCUT2D eigenvalue weighted by Crippen LogP contribution is 2.49. The van der Waals surface area contributed by atoms with Gasteiger partial charge in [-0.25, -0.2) is 9.97 Å². The van der Waals surface area contributed by atoms with Crippen molar-refractivity contribution in [3.8, 4) is 91.0 Å². The van der Waals surface area contributed by atoms with E-state index < -0.39 is 0 Å². The molecule has 30 heteroatoms. The number of ether oxygens (including phenoxy) is 26. The molecule has 9 rings (SSSR count). The lowest BCUT2D eigenvalue weighted by atomic mass is 10.0. The van der Waals surface area contributed by atoms with E-state index in [2.05, 4.69) is 54.1 Å². The van der Waals surface area contributed by atoms with Crippen molar-refractivity contribution in [3.63, 3.8) is 0 Å². The minimum Gasteiger partial charge on any atom is -0.490 e. The maximum Gasteiger partial charge on any atom is 0.162 e. The number of hydrogen-bond acceptors (Lipinski definition) is 28. The van der Waals surface area contributed by atoms with Crippen molar-refractivity contribution >= 4 is 43.6 Å². The van der Waals surface area contributed by atoms with E-state index in [0.29, 0.717) is 246 Å². The molecule has 132 heavy (non-hydrogen) atoms. The van der Waals surface area contributed by atoms with Crippen molar-refractivity contribution < 1.29 is 123 Å². The molecule has 0 saturated carbocycles. The van der Waals surface area contributed by atoms with Crippen molar-refractivity contribution in [2.24, 2.45) is 0 Å². The first-order valence-corrected chi connectivity index (χ1v) is 48.3. The Labute approximate surface area is 782 Å². The number of aromatic nitrogens is 4. The second kappa shape index (κ2) is 68.2. The van der Waals surface area contributed by atoms with Crippen LogP contribution in [0, 0.1) is 0 Å². The summed E-state index contributed by atoms with van der Waals surface area (Å²) in [6.45, 7) is 18.5. The molecular formula is C102H154N4O26. The van der Waals surface area contributed by atoms with E-state index in [0.717, 1.165) is 98.9 Å².